The SMILES string of the molecule is O=C(CCOc1ccc(F)cc1)N1CCN(C2CCCC2)CC1. The Bertz CT molecular complexity index is 506. The van der Waals surface area contributed by atoms with Crippen molar-refractivity contribution in [2.45, 2.75) is 38.1 Å². The second kappa shape index (κ2) is 7.77. The van der Waals surface area contributed by atoms with E-state index in [4.69, 9.17) is 4.74 Å². The Morgan fingerprint density at radius 2 is 1.74 bits per heavy atom. The Kier molecular flexibility index (Phi) is 5.49. The number of halogens is 1. The highest BCUT2D eigenvalue weighted by Crippen LogP contribution is 2.24. The summed E-state index contributed by atoms with van der Waals surface area (Å²) in [5.41, 5.74) is 0. The van der Waals surface area contributed by atoms with E-state index < -0.39 is 0 Å². The number of rotatable bonds is 5. The lowest BCUT2D eigenvalue weighted by Gasteiger charge is -2.38. The van der Waals surface area contributed by atoms with Crippen molar-refractivity contribution in [1.82, 2.24) is 9.80 Å². The molecule has 1 aromatic rings. The number of nitrogens with zero attached hydrogens (tertiary/aromatic N) is 2. The number of benzene rings is 1. The van der Waals surface area contributed by atoms with E-state index in [1.807, 2.05) is 4.90 Å². The van der Waals surface area contributed by atoms with Crippen LogP contribution in [0.3, 0.4) is 0 Å². The molecule has 0 bridgehead atoms. The molecule has 0 radical (unpaired) electrons. The highest BCUT2D eigenvalue weighted by Gasteiger charge is 2.27. The van der Waals surface area contributed by atoms with Crippen LogP contribution in [-0.2, 0) is 4.79 Å². The normalized spacial score (nSPS) is 20.0. The first kappa shape index (κ1) is 16.2. The maximum Gasteiger partial charge on any atom is 0.226 e. The van der Waals surface area contributed by atoms with Gasteiger partial charge in [0.1, 0.15) is 11.6 Å². The molecule has 0 atom stereocenters. The minimum atomic E-state index is -0.284. The summed E-state index contributed by atoms with van der Waals surface area (Å²) < 4.78 is 18.3. The standard InChI is InChI=1S/C18H25FN2O2/c19-15-5-7-17(8-6-15)23-14-9-18(22)21-12-10-20(11-13-21)16-3-1-2-4-16/h5-8,16H,1-4,9-14H2. The van der Waals surface area contributed by atoms with E-state index in [2.05, 4.69) is 4.90 Å². The highest BCUT2D eigenvalue weighted by molar-refractivity contribution is 5.76. The van der Waals surface area contributed by atoms with Crippen molar-refractivity contribution in [2.75, 3.05) is 32.8 Å². The molecule has 0 unspecified atom stereocenters. The van der Waals surface area contributed by atoms with Crippen molar-refractivity contribution in [3.63, 3.8) is 0 Å². The van der Waals surface area contributed by atoms with Gasteiger partial charge in [-0.3, -0.25) is 9.69 Å². The Hall–Kier alpha value is -1.62. The summed E-state index contributed by atoms with van der Waals surface area (Å²) in [6, 6.07) is 6.63. The molecule has 1 aliphatic heterocycles. The van der Waals surface area contributed by atoms with Crippen molar-refractivity contribution < 1.29 is 13.9 Å². The fraction of sp³-hybridized carbons (Fsp3) is 0.611. The van der Waals surface area contributed by atoms with Crippen LogP contribution in [0.4, 0.5) is 4.39 Å². The molecule has 0 spiro atoms. The largest absolute Gasteiger partial charge is 0.493 e. The molecule has 1 amide bonds. The van der Waals surface area contributed by atoms with Crippen molar-refractivity contribution in [1.29, 1.82) is 0 Å². The first-order valence-corrected chi connectivity index (χ1v) is 8.62. The topological polar surface area (TPSA) is 32.8 Å². The number of ether oxygens (including phenoxy) is 1. The Morgan fingerprint density at radius 1 is 1.09 bits per heavy atom. The molecule has 1 aliphatic carbocycles. The molecule has 0 N–H and O–H groups in total. The first-order chi connectivity index (χ1) is 11.2. The Morgan fingerprint density at radius 3 is 2.39 bits per heavy atom. The smallest absolute Gasteiger partial charge is 0.226 e. The number of amides is 1. The third-order valence-electron chi connectivity index (χ3n) is 4.91. The molecule has 2 aliphatic rings. The summed E-state index contributed by atoms with van der Waals surface area (Å²) in [5.74, 6) is 0.469. The van der Waals surface area contributed by atoms with Gasteiger partial charge in [-0.1, -0.05) is 12.8 Å². The second-order valence-electron chi connectivity index (χ2n) is 6.41. The van der Waals surface area contributed by atoms with Gasteiger partial charge in [0.05, 0.1) is 13.0 Å². The second-order valence-corrected chi connectivity index (χ2v) is 6.41. The van der Waals surface area contributed by atoms with E-state index in [1.54, 1.807) is 12.1 Å². The van der Waals surface area contributed by atoms with Gasteiger partial charge in [-0.15, -0.1) is 0 Å². The predicted octanol–water partition coefficient (Wildman–Crippen LogP) is 2.68. The molecule has 1 aromatic carbocycles. The van der Waals surface area contributed by atoms with E-state index in [9.17, 15) is 9.18 Å². The van der Waals surface area contributed by atoms with Crippen LogP contribution in [0.25, 0.3) is 0 Å². The molecule has 23 heavy (non-hydrogen) atoms. The fourth-order valence-corrected chi connectivity index (χ4v) is 3.55. The van der Waals surface area contributed by atoms with Gasteiger partial charge in [-0.25, -0.2) is 4.39 Å². The van der Waals surface area contributed by atoms with Gasteiger partial charge in [-0.05, 0) is 37.1 Å². The lowest BCUT2D eigenvalue weighted by Crippen LogP contribution is -2.51. The molecular weight excluding hydrogens is 295 g/mol. The van der Waals surface area contributed by atoms with E-state index in [0.29, 0.717) is 18.8 Å². The van der Waals surface area contributed by atoms with Gasteiger partial charge >= 0.3 is 0 Å². The average molecular weight is 320 g/mol. The van der Waals surface area contributed by atoms with Crippen LogP contribution in [0.1, 0.15) is 32.1 Å². The Balaban J connectivity index is 1.36. The van der Waals surface area contributed by atoms with Gasteiger partial charge in [-0.2, -0.15) is 0 Å². The van der Waals surface area contributed by atoms with Crippen molar-refractivity contribution in [3.05, 3.63) is 30.1 Å². The minimum absolute atomic E-state index is 0.151. The first-order valence-electron chi connectivity index (χ1n) is 8.62. The fourth-order valence-electron chi connectivity index (χ4n) is 3.55. The van der Waals surface area contributed by atoms with Crippen molar-refractivity contribution >= 4 is 5.91 Å². The lowest BCUT2D eigenvalue weighted by atomic mass is 10.2. The van der Waals surface area contributed by atoms with Crippen LogP contribution in [0.15, 0.2) is 24.3 Å². The molecule has 0 aromatic heterocycles. The number of carbonyl (C=O) groups is 1. The summed E-state index contributed by atoms with van der Waals surface area (Å²) in [6.45, 7) is 3.98. The number of piperazine rings is 1. The van der Waals surface area contributed by atoms with Crippen LogP contribution in [-0.4, -0.2) is 54.5 Å². The monoisotopic (exact) mass is 320 g/mol. The molecule has 2 fully saturated rings. The molecule has 1 saturated heterocycles. The van der Waals surface area contributed by atoms with Gasteiger partial charge in [0, 0.05) is 32.2 Å². The number of hydrogen-bond donors (Lipinski definition) is 0. The summed E-state index contributed by atoms with van der Waals surface area (Å²) in [5, 5.41) is 0. The molecule has 3 rings (SSSR count). The maximum atomic E-state index is 12.8. The summed E-state index contributed by atoms with van der Waals surface area (Å²) in [6.07, 6.45) is 5.72. The summed E-state index contributed by atoms with van der Waals surface area (Å²) >= 11 is 0. The van der Waals surface area contributed by atoms with E-state index in [0.717, 1.165) is 32.2 Å². The average Bonchev–Trinajstić information content (AvgIpc) is 3.11. The zero-order chi connectivity index (χ0) is 16.1. The summed E-state index contributed by atoms with van der Waals surface area (Å²) in [7, 11) is 0. The van der Waals surface area contributed by atoms with Crippen molar-refractivity contribution in [2.24, 2.45) is 0 Å². The van der Waals surface area contributed by atoms with Gasteiger partial charge in [0.2, 0.25) is 5.91 Å². The number of hydrogen-bond acceptors (Lipinski definition) is 3. The van der Waals surface area contributed by atoms with Crippen LogP contribution in [0.5, 0.6) is 5.75 Å². The Labute approximate surface area is 137 Å². The summed E-state index contributed by atoms with van der Waals surface area (Å²) in [4.78, 5) is 16.7. The van der Waals surface area contributed by atoms with Crippen LogP contribution in [0.2, 0.25) is 0 Å². The maximum absolute atomic E-state index is 12.8. The molecular formula is C18H25FN2O2. The van der Waals surface area contributed by atoms with Crippen molar-refractivity contribution in [3.8, 4) is 5.75 Å². The molecule has 4 nitrogen and oxygen atoms in total. The third-order valence-corrected chi connectivity index (χ3v) is 4.91. The lowest BCUT2D eigenvalue weighted by molar-refractivity contribution is -0.133. The van der Waals surface area contributed by atoms with Crippen LogP contribution >= 0.6 is 0 Å². The van der Waals surface area contributed by atoms with Crippen LogP contribution in [0, 0.1) is 5.82 Å². The minimum Gasteiger partial charge on any atom is -0.493 e. The number of carbonyl (C=O) groups excluding carboxylic acids is 1. The zero-order valence-corrected chi connectivity index (χ0v) is 13.5. The zero-order valence-electron chi connectivity index (χ0n) is 13.5. The third kappa shape index (κ3) is 4.44. The van der Waals surface area contributed by atoms with Gasteiger partial charge < -0.3 is 9.64 Å². The molecule has 1 heterocycles. The van der Waals surface area contributed by atoms with Gasteiger partial charge in [0.25, 0.3) is 0 Å². The molecule has 1 saturated carbocycles. The molecule has 126 valence electrons. The van der Waals surface area contributed by atoms with E-state index >= 15 is 0 Å². The molecule has 5 heteroatoms. The van der Waals surface area contributed by atoms with E-state index in [1.165, 1.54) is 37.8 Å². The highest BCUT2D eigenvalue weighted by atomic mass is 19.1. The van der Waals surface area contributed by atoms with E-state index in [-0.39, 0.29) is 11.7 Å². The van der Waals surface area contributed by atoms with Gasteiger partial charge in [0.15, 0.2) is 0 Å². The quantitative estimate of drug-likeness (QED) is 0.836. The predicted molar refractivity (Wildman–Crippen MR) is 86.9 cm³/mol. The van der Waals surface area contributed by atoms with Crippen LogP contribution < -0.4 is 4.74 Å².